The quantitative estimate of drug-likeness (QED) is 0.220. The zero-order chi connectivity index (χ0) is 23.5. The van der Waals surface area contributed by atoms with Gasteiger partial charge in [-0.2, -0.15) is 5.26 Å². The van der Waals surface area contributed by atoms with Gasteiger partial charge in [-0.15, -0.1) is 0 Å². The lowest BCUT2D eigenvalue weighted by Gasteiger charge is -2.39. The summed E-state index contributed by atoms with van der Waals surface area (Å²) in [5, 5.41) is 8.97. The summed E-state index contributed by atoms with van der Waals surface area (Å²) in [5.41, 5.74) is 6.92. The van der Waals surface area contributed by atoms with Crippen molar-refractivity contribution < 1.29 is 4.12 Å². The van der Waals surface area contributed by atoms with Gasteiger partial charge < -0.3 is 4.12 Å². The number of hydrogen-bond donors (Lipinski definition) is 0. The summed E-state index contributed by atoms with van der Waals surface area (Å²) in [6.07, 6.45) is 5.85. The lowest BCUT2D eigenvalue weighted by molar-refractivity contribution is 0.514. The molecule has 4 heteroatoms. The minimum absolute atomic E-state index is 0.705. The van der Waals surface area contributed by atoms with Crippen LogP contribution in [-0.2, 0) is 10.5 Å². The third-order valence-electron chi connectivity index (χ3n) is 7.02. The molecule has 0 saturated heterocycles. The molecule has 32 heavy (non-hydrogen) atoms. The Balaban J connectivity index is 1.94. The van der Waals surface area contributed by atoms with Gasteiger partial charge in [0.05, 0.1) is 11.6 Å². The number of nitrogens with zero attached hydrogens (tertiary/aromatic N) is 1. The van der Waals surface area contributed by atoms with Crippen LogP contribution in [0.25, 0.3) is 11.1 Å². The molecular formula is C28H41NOSi2. The van der Waals surface area contributed by atoms with Crippen LogP contribution in [-0.4, -0.2) is 16.6 Å². The highest BCUT2D eigenvalue weighted by atomic mass is 28.4. The molecule has 0 saturated carbocycles. The largest absolute Gasteiger partial charge is 0.452 e. The second-order valence-corrected chi connectivity index (χ2v) is 17.8. The number of rotatable bonds is 13. The molecule has 2 rings (SSSR count). The molecule has 0 aliphatic rings. The predicted octanol–water partition coefficient (Wildman–Crippen LogP) is 8.65. The van der Waals surface area contributed by atoms with Gasteiger partial charge >= 0.3 is 0 Å². The van der Waals surface area contributed by atoms with Crippen molar-refractivity contribution >= 4 is 16.6 Å². The minimum Gasteiger partial charge on any atom is -0.452 e. The highest BCUT2D eigenvalue weighted by molar-refractivity contribution is 6.89. The van der Waals surface area contributed by atoms with Gasteiger partial charge in [0.2, 0.25) is 8.32 Å². The minimum atomic E-state index is -1.73. The fraction of sp³-hybridized carbons (Fsp3) is 0.464. The molecule has 0 aromatic heterocycles. The molecule has 0 amide bonds. The summed E-state index contributed by atoms with van der Waals surface area (Å²) in [6.45, 7) is 11.5. The average Bonchev–Trinajstić information content (AvgIpc) is 2.86. The zero-order valence-electron chi connectivity index (χ0n) is 20.8. The van der Waals surface area contributed by atoms with Crippen LogP contribution in [0, 0.1) is 11.3 Å². The summed E-state index contributed by atoms with van der Waals surface area (Å²) >= 11 is 0. The van der Waals surface area contributed by atoms with Crippen LogP contribution in [0.3, 0.4) is 0 Å². The summed E-state index contributed by atoms with van der Waals surface area (Å²) < 4.78 is 7.17. The molecule has 2 aromatic rings. The van der Waals surface area contributed by atoms with Crippen molar-refractivity contribution in [3.63, 3.8) is 0 Å². The molecule has 0 spiro atoms. The van der Waals surface area contributed by atoms with Crippen LogP contribution < -0.4 is 0 Å². The van der Waals surface area contributed by atoms with Crippen molar-refractivity contribution in [3.05, 3.63) is 71.4 Å². The van der Waals surface area contributed by atoms with Gasteiger partial charge in [-0.05, 0) is 78.8 Å². The highest BCUT2D eigenvalue weighted by Gasteiger charge is 2.39. The van der Waals surface area contributed by atoms with Crippen LogP contribution >= 0.6 is 0 Å². The lowest BCUT2D eigenvalue weighted by atomic mass is 10.0. The Kier molecular flexibility index (Phi) is 10.6. The van der Waals surface area contributed by atoms with Crippen molar-refractivity contribution in [2.75, 3.05) is 0 Å². The first kappa shape index (κ1) is 26.3. The molecule has 2 nitrogen and oxygen atoms in total. The van der Waals surface area contributed by atoms with E-state index in [-0.39, 0.29) is 0 Å². The van der Waals surface area contributed by atoms with E-state index in [0.29, 0.717) is 5.56 Å². The predicted molar refractivity (Wildman–Crippen MR) is 144 cm³/mol. The Bertz CT molecular complexity index is 873. The van der Waals surface area contributed by atoms with E-state index in [1.165, 1.54) is 54.2 Å². The first-order chi connectivity index (χ1) is 15.5. The topological polar surface area (TPSA) is 33.0 Å². The second-order valence-electron chi connectivity index (χ2n) is 8.86. The van der Waals surface area contributed by atoms with E-state index >= 15 is 0 Å². The van der Waals surface area contributed by atoms with E-state index in [1.54, 1.807) is 0 Å². The number of aryl methyl sites for hydroxylation is 1. The fourth-order valence-corrected chi connectivity index (χ4v) is 14.7. The molecule has 0 bridgehead atoms. The third kappa shape index (κ3) is 7.03. The molecule has 2 aromatic carbocycles. The molecule has 0 heterocycles. The standard InChI is InChI=1S/C28H41NOSi2/c1-6-22-31(7-2,8-3)30-32(9-4,10-5)23-12-11-13-25-14-18-27(19-15-25)28-20-16-26(24-29)17-21-28/h6,14-22H,7-13,23H2,1-5H3. The van der Waals surface area contributed by atoms with Gasteiger partial charge in [0.25, 0.3) is 0 Å². The van der Waals surface area contributed by atoms with E-state index in [2.05, 4.69) is 76.7 Å². The second kappa shape index (κ2) is 12.9. The van der Waals surface area contributed by atoms with Crippen LogP contribution in [0.15, 0.2) is 60.3 Å². The van der Waals surface area contributed by atoms with Crippen molar-refractivity contribution in [1.29, 1.82) is 5.26 Å². The number of hydrogen-bond acceptors (Lipinski definition) is 2. The molecule has 0 unspecified atom stereocenters. The van der Waals surface area contributed by atoms with Gasteiger partial charge in [-0.3, -0.25) is 0 Å². The molecule has 172 valence electrons. The van der Waals surface area contributed by atoms with Crippen molar-refractivity contribution in [3.8, 4) is 17.2 Å². The van der Waals surface area contributed by atoms with Crippen molar-refractivity contribution in [1.82, 2.24) is 0 Å². The van der Waals surface area contributed by atoms with Crippen molar-refractivity contribution in [2.45, 2.75) is 84.1 Å². The first-order valence-corrected chi connectivity index (χ1v) is 17.4. The van der Waals surface area contributed by atoms with Gasteiger partial charge in [0, 0.05) is 0 Å². The molecule has 0 N–H and O–H groups in total. The summed E-state index contributed by atoms with van der Waals surface area (Å²) in [7, 11) is -3.40. The maximum atomic E-state index is 8.97. The Morgan fingerprint density at radius 1 is 0.812 bits per heavy atom. The fourth-order valence-electron chi connectivity index (χ4n) is 4.58. The highest BCUT2D eigenvalue weighted by Crippen LogP contribution is 2.32. The molecular weight excluding hydrogens is 422 g/mol. The van der Waals surface area contributed by atoms with Crippen LogP contribution in [0.5, 0.6) is 0 Å². The molecule has 0 aliphatic heterocycles. The maximum Gasteiger partial charge on any atom is 0.204 e. The van der Waals surface area contributed by atoms with Crippen LogP contribution in [0.2, 0.25) is 30.2 Å². The van der Waals surface area contributed by atoms with Crippen molar-refractivity contribution in [2.24, 2.45) is 0 Å². The van der Waals surface area contributed by atoms with Crippen LogP contribution in [0.4, 0.5) is 0 Å². The van der Waals surface area contributed by atoms with Gasteiger partial charge in [0.15, 0.2) is 8.32 Å². The summed E-state index contributed by atoms with van der Waals surface area (Å²) in [4.78, 5) is 0. The Morgan fingerprint density at radius 2 is 1.38 bits per heavy atom. The van der Waals surface area contributed by atoms with Gasteiger partial charge in [-0.25, -0.2) is 0 Å². The monoisotopic (exact) mass is 463 g/mol. The number of allylic oxidation sites excluding steroid dienone is 1. The normalized spacial score (nSPS) is 12.2. The maximum absolute atomic E-state index is 8.97. The molecule has 0 aliphatic carbocycles. The van der Waals surface area contributed by atoms with E-state index in [1.807, 2.05) is 24.3 Å². The average molecular weight is 464 g/mol. The Labute approximate surface area is 198 Å². The molecule has 0 atom stereocenters. The number of nitriles is 1. The molecule has 0 radical (unpaired) electrons. The summed E-state index contributed by atoms with van der Waals surface area (Å²) in [5.74, 6) is 0. The van der Waals surface area contributed by atoms with E-state index < -0.39 is 16.6 Å². The smallest absolute Gasteiger partial charge is 0.204 e. The number of benzene rings is 2. The lowest BCUT2D eigenvalue weighted by Crippen LogP contribution is -2.49. The summed E-state index contributed by atoms with van der Waals surface area (Å²) in [6, 6.07) is 25.0. The van der Waals surface area contributed by atoms with Gasteiger partial charge in [0.1, 0.15) is 0 Å². The SMILES string of the molecule is CC=C[Si](CC)(CC)O[Si](CC)(CC)CCCCc1ccc(-c2ccc(C#N)cc2)cc1. The first-order valence-electron chi connectivity index (χ1n) is 12.4. The Hall–Kier alpha value is -1.94. The van der Waals surface area contributed by atoms with Crippen LogP contribution in [0.1, 0.15) is 58.6 Å². The Morgan fingerprint density at radius 3 is 1.84 bits per heavy atom. The van der Waals surface area contributed by atoms with Gasteiger partial charge in [-0.1, -0.05) is 82.3 Å². The van der Waals surface area contributed by atoms with E-state index in [4.69, 9.17) is 9.38 Å². The molecule has 0 fully saturated rings. The third-order valence-corrected chi connectivity index (χ3v) is 17.6. The van der Waals surface area contributed by atoms with E-state index in [9.17, 15) is 0 Å². The number of unbranched alkanes of at least 4 members (excludes halogenated alkanes) is 1. The van der Waals surface area contributed by atoms with E-state index in [0.717, 1.165) is 12.0 Å². The zero-order valence-corrected chi connectivity index (χ0v) is 22.8.